The second kappa shape index (κ2) is 9.57. The van der Waals surface area contributed by atoms with Crippen molar-refractivity contribution in [3.05, 3.63) is 70.8 Å². The lowest BCUT2D eigenvalue weighted by atomic mass is 10.1. The van der Waals surface area contributed by atoms with Gasteiger partial charge in [0, 0.05) is 31.6 Å². The molecule has 1 saturated heterocycles. The van der Waals surface area contributed by atoms with E-state index < -0.39 is 0 Å². The second-order valence-electron chi connectivity index (χ2n) is 7.88. The Hall–Kier alpha value is -3.15. The SMILES string of the molecule is Cc1ccc(C(=O)NCCNC(=O)C2CC(=O)N(C(C)c3ccccc3)C2)cc1C. The summed E-state index contributed by atoms with van der Waals surface area (Å²) in [6.07, 6.45) is 0.220. The number of hydrogen-bond donors (Lipinski definition) is 2. The Morgan fingerprint density at radius 1 is 1.03 bits per heavy atom. The number of benzene rings is 2. The van der Waals surface area contributed by atoms with Crippen LogP contribution in [0, 0.1) is 19.8 Å². The summed E-state index contributed by atoms with van der Waals surface area (Å²) in [7, 11) is 0. The van der Waals surface area contributed by atoms with E-state index in [1.165, 1.54) is 0 Å². The molecule has 0 bridgehead atoms. The maximum atomic E-state index is 12.5. The first-order chi connectivity index (χ1) is 14.4. The quantitative estimate of drug-likeness (QED) is 0.693. The van der Waals surface area contributed by atoms with E-state index >= 15 is 0 Å². The lowest BCUT2D eigenvalue weighted by Crippen LogP contribution is -2.38. The molecule has 0 aromatic heterocycles. The van der Waals surface area contributed by atoms with Gasteiger partial charge in [-0.25, -0.2) is 0 Å². The minimum Gasteiger partial charge on any atom is -0.354 e. The molecular formula is C24H29N3O3. The Kier molecular flexibility index (Phi) is 6.87. The van der Waals surface area contributed by atoms with E-state index in [-0.39, 0.29) is 36.1 Å². The van der Waals surface area contributed by atoms with Crippen molar-refractivity contribution in [2.24, 2.45) is 5.92 Å². The fourth-order valence-corrected chi connectivity index (χ4v) is 3.68. The molecule has 30 heavy (non-hydrogen) atoms. The minimum atomic E-state index is -0.362. The van der Waals surface area contributed by atoms with E-state index in [1.54, 1.807) is 11.0 Å². The zero-order valence-corrected chi connectivity index (χ0v) is 17.8. The monoisotopic (exact) mass is 407 g/mol. The van der Waals surface area contributed by atoms with Crippen molar-refractivity contribution in [1.82, 2.24) is 15.5 Å². The number of rotatable bonds is 7. The Morgan fingerprint density at radius 3 is 2.43 bits per heavy atom. The van der Waals surface area contributed by atoms with Gasteiger partial charge in [0.25, 0.3) is 5.91 Å². The summed E-state index contributed by atoms with van der Waals surface area (Å²) in [5.74, 6) is -0.675. The van der Waals surface area contributed by atoms with Gasteiger partial charge in [-0.1, -0.05) is 36.4 Å². The molecule has 2 unspecified atom stereocenters. The predicted octanol–water partition coefficient (Wildman–Crippen LogP) is 2.76. The molecule has 2 aromatic rings. The second-order valence-corrected chi connectivity index (χ2v) is 7.88. The van der Waals surface area contributed by atoms with Crippen LogP contribution in [0.5, 0.6) is 0 Å². The maximum Gasteiger partial charge on any atom is 0.251 e. The van der Waals surface area contributed by atoms with E-state index in [0.29, 0.717) is 25.2 Å². The molecule has 0 aliphatic carbocycles. The van der Waals surface area contributed by atoms with Crippen LogP contribution in [-0.4, -0.2) is 42.3 Å². The summed E-state index contributed by atoms with van der Waals surface area (Å²) in [6, 6.07) is 15.3. The predicted molar refractivity (Wildman–Crippen MR) is 116 cm³/mol. The van der Waals surface area contributed by atoms with Gasteiger partial charge in [-0.15, -0.1) is 0 Å². The van der Waals surface area contributed by atoms with E-state index in [2.05, 4.69) is 10.6 Å². The highest BCUT2D eigenvalue weighted by atomic mass is 16.2. The third kappa shape index (κ3) is 5.06. The van der Waals surface area contributed by atoms with Gasteiger partial charge in [-0.2, -0.15) is 0 Å². The molecule has 0 spiro atoms. The Bertz CT molecular complexity index is 927. The molecule has 6 heteroatoms. The molecule has 1 aliphatic heterocycles. The van der Waals surface area contributed by atoms with E-state index in [4.69, 9.17) is 0 Å². The number of nitrogens with one attached hydrogen (secondary N) is 2. The van der Waals surface area contributed by atoms with E-state index in [0.717, 1.165) is 16.7 Å². The highest BCUT2D eigenvalue weighted by Crippen LogP contribution is 2.28. The number of aryl methyl sites for hydroxylation is 2. The molecule has 0 saturated carbocycles. The van der Waals surface area contributed by atoms with Crippen LogP contribution in [0.3, 0.4) is 0 Å². The number of nitrogens with zero attached hydrogens (tertiary/aromatic N) is 1. The van der Waals surface area contributed by atoms with Gasteiger partial charge >= 0.3 is 0 Å². The number of hydrogen-bond acceptors (Lipinski definition) is 3. The van der Waals surface area contributed by atoms with Crippen molar-refractivity contribution in [2.75, 3.05) is 19.6 Å². The molecular weight excluding hydrogens is 378 g/mol. The number of carbonyl (C=O) groups excluding carboxylic acids is 3. The molecule has 3 rings (SSSR count). The summed E-state index contributed by atoms with van der Waals surface area (Å²) in [6.45, 7) is 7.03. The fourth-order valence-electron chi connectivity index (χ4n) is 3.68. The van der Waals surface area contributed by atoms with Crippen LogP contribution < -0.4 is 10.6 Å². The van der Waals surface area contributed by atoms with Crippen molar-refractivity contribution >= 4 is 17.7 Å². The van der Waals surface area contributed by atoms with Crippen LogP contribution in [0.4, 0.5) is 0 Å². The standard InChI is InChI=1S/C24H29N3O3/c1-16-9-10-20(13-17(16)2)23(29)25-11-12-26-24(30)21-14-22(28)27(15-21)18(3)19-7-5-4-6-8-19/h4-10,13,18,21H,11-12,14-15H2,1-3H3,(H,25,29)(H,26,30). The summed E-state index contributed by atoms with van der Waals surface area (Å²) in [5.41, 5.74) is 3.87. The lowest BCUT2D eigenvalue weighted by molar-refractivity contribution is -0.130. The summed E-state index contributed by atoms with van der Waals surface area (Å²) in [5, 5.41) is 5.66. The molecule has 1 fully saturated rings. The molecule has 1 heterocycles. The summed E-state index contributed by atoms with van der Waals surface area (Å²) in [4.78, 5) is 38.9. The highest BCUT2D eigenvalue weighted by molar-refractivity contribution is 5.94. The average Bonchev–Trinajstić information content (AvgIpc) is 3.14. The molecule has 2 aromatic carbocycles. The first kappa shape index (κ1) is 21.6. The zero-order chi connectivity index (χ0) is 21.7. The summed E-state index contributed by atoms with van der Waals surface area (Å²) < 4.78 is 0. The van der Waals surface area contributed by atoms with Gasteiger partial charge in [0.1, 0.15) is 0 Å². The first-order valence-corrected chi connectivity index (χ1v) is 10.3. The van der Waals surface area contributed by atoms with E-state index in [9.17, 15) is 14.4 Å². The van der Waals surface area contributed by atoms with Crippen LogP contribution in [-0.2, 0) is 9.59 Å². The molecule has 2 atom stereocenters. The first-order valence-electron chi connectivity index (χ1n) is 10.3. The number of carbonyl (C=O) groups is 3. The van der Waals surface area contributed by atoms with Crippen LogP contribution in [0.1, 0.15) is 46.4 Å². The van der Waals surface area contributed by atoms with Crippen LogP contribution in [0.15, 0.2) is 48.5 Å². The molecule has 0 radical (unpaired) electrons. The van der Waals surface area contributed by atoms with Crippen molar-refractivity contribution in [2.45, 2.75) is 33.2 Å². The van der Waals surface area contributed by atoms with Gasteiger partial charge in [-0.05, 0) is 49.6 Å². The lowest BCUT2D eigenvalue weighted by Gasteiger charge is -2.25. The summed E-state index contributed by atoms with van der Waals surface area (Å²) >= 11 is 0. The van der Waals surface area contributed by atoms with Gasteiger partial charge in [0.15, 0.2) is 0 Å². The smallest absolute Gasteiger partial charge is 0.251 e. The number of likely N-dealkylation sites (tertiary alicyclic amines) is 1. The fraction of sp³-hybridized carbons (Fsp3) is 0.375. The molecule has 2 N–H and O–H groups in total. The Labute approximate surface area is 177 Å². The largest absolute Gasteiger partial charge is 0.354 e. The van der Waals surface area contributed by atoms with Crippen molar-refractivity contribution in [1.29, 1.82) is 0 Å². The van der Waals surface area contributed by atoms with Gasteiger partial charge in [-0.3, -0.25) is 14.4 Å². The third-order valence-electron chi connectivity index (χ3n) is 5.76. The Morgan fingerprint density at radius 2 is 1.73 bits per heavy atom. The van der Waals surface area contributed by atoms with Crippen LogP contribution >= 0.6 is 0 Å². The van der Waals surface area contributed by atoms with Gasteiger partial charge in [0.2, 0.25) is 11.8 Å². The zero-order valence-electron chi connectivity index (χ0n) is 17.8. The normalized spacial score (nSPS) is 17.0. The van der Waals surface area contributed by atoms with Crippen molar-refractivity contribution in [3.8, 4) is 0 Å². The van der Waals surface area contributed by atoms with Gasteiger partial charge < -0.3 is 15.5 Å². The molecule has 6 nitrogen and oxygen atoms in total. The molecule has 3 amide bonds. The average molecular weight is 408 g/mol. The van der Waals surface area contributed by atoms with Crippen molar-refractivity contribution in [3.63, 3.8) is 0 Å². The minimum absolute atomic E-state index is 0.00505. The Balaban J connectivity index is 1.44. The highest BCUT2D eigenvalue weighted by Gasteiger charge is 2.36. The number of amides is 3. The van der Waals surface area contributed by atoms with E-state index in [1.807, 2.05) is 63.2 Å². The van der Waals surface area contributed by atoms with Gasteiger partial charge in [0.05, 0.1) is 12.0 Å². The molecule has 1 aliphatic rings. The third-order valence-corrected chi connectivity index (χ3v) is 5.76. The van der Waals surface area contributed by atoms with Crippen LogP contribution in [0.2, 0.25) is 0 Å². The maximum absolute atomic E-state index is 12.5. The van der Waals surface area contributed by atoms with Crippen LogP contribution in [0.25, 0.3) is 0 Å². The topological polar surface area (TPSA) is 78.5 Å². The van der Waals surface area contributed by atoms with Crippen molar-refractivity contribution < 1.29 is 14.4 Å². The molecule has 158 valence electrons.